The van der Waals surface area contributed by atoms with E-state index in [1.54, 1.807) is 4.90 Å². The lowest BCUT2D eigenvalue weighted by molar-refractivity contribution is -1.02. The quantitative estimate of drug-likeness (QED) is 0.267. The van der Waals surface area contributed by atoms with Crippen LogP contribution in [0.25, 0.3) is 0 Å². The van der Waals surface area contributed by atoms with Crippen molar-refractivity contribution < 1.29 is 24.1 Å². The Kier molecular flexibility index (Phi) is 4.77. The Bertz CT molecular complexity index is 530. The first kappa shape index (κ1) is 15.1. The van der Waals surface area contributed by atoms with E-state index in [1.807, 2.05) is 6.07 Å². The average Bonchev–Trinajstić information content (AvgIpc) is 3.01. The first-order valence-corrected chi connectivity index (χ1v) is 7.79. The molecule has 0 aliphatic carbocycles. The van der Waals surface area contributed by atoms with Crippen LogP contribution in [0.1, 0.15) is 12.0 Å². The summed E-state index contributed by atoms with van der Waals surface area (Å²) in [6.45, 7) is 6.62. The Balaban J connectivity index is 1.45. The van der Waals surface area contributed by atoms with E-state index >= 15 is 0 Å². The number of hydrogen-bond donors (Lipinski definition) is 4. The normalized spacial score (nSPS) is 23.3. The third kappa shape index (κ3) is 3.68. The number of fused-ring (bicyclic) bond motifs is 1. The summed E-state index contributed by atoms with van der Waals surface area (Å²) in [4.78, 5) is 14.2. The van der Waals surface area contributed by atoms with Gasteiger partial charge < -0.3 is 19.3 Å². The van der Waals surface area contributed by atoms with Crippen molar-refractivity contribution in [2.75, 3.05) is 39.5 Å². The number of hydrazine groups is 1. The fourth-order valence-corrected chi connectivity index (χ4v) is 3.09. The van der Waals surface area contributed by atoms with Crippen molar-refractivity contribution in [3.8, 4) is 11.5 Å². The SMILES string of the molecule is NNC(=O)CC[NH+]1CC[NH+](Cc2ccc3c(c2)OCO3)CC1. The lowest BCUT2D eigenvalue weighted by Crippen LogP contribution is -3.27. The molecule has 2 aliphatic heterocycles. The number of benzene rings is 1. The van der Waals surface area contributed by atoms with Gasteiger partial charge in [0.15, 0.2) is 11.5 Å². The molecule has 7 heteroatoms. The fraction of sp³-hybridized carbons (Fsp3) is 0.533. The van der Waals surface area contributed by atoms with E-state index in [1.165, 1.54) is 10.5 Å². The zero-order chi connectivity index (χ0) is 15.4. The van der Waals surface area contributed by atoms with Gasteiger partial charge in [0.1, 0.15) is 32.7 Å². The van der Waals surface area contributed by atoms with Crippen molar-refractivity contribution in [1.82, 2.24) is 5.43 Å². The van der Waals surface area contributed by atoms with Gasteiger partial charge in [-0.15, -0.1) is 0 Å². The summed E-state index contributed by atoms with van der Waals surface area (Å²) in [6.07, 6.45) is 0.503. The lowest BCUT2D eigenvalue weighted by Gasteiger charge is -2.29. The summed E-state index contributed by atoms with van der Waals surface area (Å²) in [5, 5.41) is 0. The van der Waals surface area contributed by atoms with Gasteiger partial charge in [-0.25, -0.2) is 5.84 Å². The molecule has 0 aromatic heterocycles. The molecule has 120 valence electrons. The van der Waals surface area contributed by atoms with Gasteiger partial charge in [0, 0.05) is 5.56 Å². The van der Waals surface area contributed by atoms with Crippen LogP contribution in [0.4, 0.5) is 0 Å². The topological polar surface area (TPSA) is 82.5 Å². The maximum atomic E-state index is 11.2. The number of quaternary nitrogens is 2. The van der Waals surface area contributed by atoms with E-state index in [2.05, 4.69) is 17.6 Å². The summed E-state index contributed by atoms with van der Waals surface area (Å²) in [6, 6.07) is 6.19. The van der Waals surface area contributed by atoms with Gasteiger partial charge in [0.05, 0.1) is 13.0 Å². The van der Waals surface area contributed by atoms with Crippen LogP contribution in [0.15, 0.2) is 18.2 Å². The van der Waals surface area contributed by atoms with Crippen molar-refractivity contribution >= 4 is 5.91 Å². The Labute approximate surface area is 129 Å². The number of amides is 1. The molecule has 0 bridgehead atoms. The second-order valence-electron chi connectivity index (χ2n) is 5.93. The molecule has 1 saturated heterocycles. The summed E-state index contributed by atoms with van der Waals surface area (Å²) in [5.74, 6) is 6.72. The highest BCUT2D eigenvalue weighted by atomic mass is 16.7. The molecule has 1 fully saturated rings. The fourth-order valence-electron chi connectivity index (χ4n) is 3.09. The third-order valence-electron chi connectivity index (χ3n) is 4.42. The maximum absolute atomic E-state index is 11.2. The Hall–Kier alpha value is -1.83. The Morgan fingerprint density at radius 1 is 1.14 bits per heavy atom. The maximum Gasteiger partial charge on any atom is 0.239 e. The molecule has 2 aliphatic rings. The third-order valence-corrected chi connectivity index (χ3v) is 4.42. The van der Waals surface area contributed by atoms with Gasteiger partial charge in [0.25, 0.3) is 0 Å². The monoisotopic (exact) mass is 308 g/mol. The van der Waals surface area contributed by atoms with Crippen LogP contribution in [-0.2, 0) is 11.3 Å². The van der Waals surface area contributed by atoms with E-state index < -0.39 is 0 Å². The second-order valence-corrected chi connectivity index (χ2v) is 5.93. The van der Waals surface area contributed by atoms with Crippen molar-refractivity contribution in [1.29, 1.82) is 0 Å². The molecule has 22 heavy (non-hydrogen) atoms. The van der Waals surface area contributed by atoms with Crippen molar-refractivity contribution in [3.05, 3.63) is 23.8 Å². The summed E-state index contributed by atoms with van der Waals surface area (Å²) in [7, 11) is 0. The molecular weight excluding hydrogens is 284 g/mol. The molecule has 2 heterocycles. The van der Waals surface area contributed by atoms with Gasteiger partial charge in [-0.2, -0.15) is 0 Å². The predicted molar refractivity (Wildman–Crippen MR) is 79.5 cm³/mol. The van der Waals surface area contributed by atoms with E-state index in [0.29, 0.717) is 13.2 Å². The molecule has 0 saturated carbocycles. The summed E-state index contributed by atoms with van der Waals surface area (Å²) >= 11 is 0. The van der Waals surface area contributed by atoms with Gasteiger partial charge in [-0.05, 0) is 18.2 Å². The highest BCUT2D eigenvalue weighted by Gasteiger charge is 2.24. The van der Waals surface area contributed by atoms with E-state index in [0.717, 1.165) is 50.8 Å². The van der Waals surface area contributed by atoms with E-state index in [9.17, 15) is 4.79 Å². The van der Waals surface area contributed by atoms with Gasteiger partial charge >= 0.3 is 0 Å². The number of hydrogen-bond acceptors (Lipinski definition) is 4. The number of carbonyl (C=O) groups excluding carboxylic acids is 1. The standard InChI is InChI=1S/C15H22N4O3/c16-17-15(20)3-4-18-5-7-19(8-6-18)10-12-1-2-13-14(9-12)22-11-21-13/h1-2,9H,3-8,10-11,16H2,(H,17,20)/p+2. The van der Waals surface area contributed by atoms with E-state index in [-0.39, 0.29) is 5.91 Å². The van der Waals surface area contributed by atoms with Crippen LogP contribution < -0.4 is 30.5 Å². The van der Waals surface area contributed by atoms with Crippen LogP contribution in [-0.4, -0.2) is 45.4 Å². The van der Waals surface area contributed by atoms with Gasteiger partial charge in [-0.3, -0.25) is 10.2 Å². The Morgan fingerprint density at radius 2 is 1.86 bits per heavy atom. The smallest absolute Gasteiger partial charge is 0.239 e. The predicted octanol–water partition coefficient (Wildman–Crippen LogP) is -2.92. The molecule has 1 aromatic carbocycles. The number of piperazine rings is 1. The molecule has 1 amide bonds. The number of nitrogens with one attached hydrogen (secondary N) is 3. The first-order valence-electron chi connectivity index (χ1n) is 7.79. The molecule has 1 aromatic rings. The van der Waals surface area contributed by atoms with Crippen molar-refractivity contribution in [2.24, 2.45) is 5.84 Å². The summed E-state index contributed by atoms with van der Waals surface area (Å²) < 4.78 is 10.8. The minimum Gasteiger partial charge on any atom is -0.454 e. The molecule has 0 radical (unpaired) electrons. The van der Waals surface area contributed by atoms with Crippen LogP contribution in [0, 0.1) is 0 Å². The lowest BCUT2D eigenvalue weighted by atomic mass is 10.1. The Morgan fingerprint density at radius 3 is 2.64 bits per heavy atom. The van der Waals surface area contributed by atoms with Crippen molar-refractivity contribution in [2.45, 2.75) is 13.0 Å². The highest BCUT2D eigenvalue weighted by molar-refractivity contribution is 5.75. The van der Waals surface area contributed by atoms with Crippen LogP contribution in [0.3, 0.4) is 0 Å². The van der Waals surface area contributed by atoms with Crippen LogP contribution >= 0.6 is 0 Å². The van der Waals surface area contributed by atoms with Gasteiger partial charge in [-0.1, -0.05) is 0 Å². The first-order chi connectivity index (χ1) is 10.7. The molecule has 7 nitrogen and oxygen atoms in total. The molecule has 0 atom stereocenters. The molecule has 0 spiro atoms. The number of ether oxygens (including phenoxy) is 2. The van der Waals surface area contributed by atoms with Crippen LogP contribution in [0.2, 0.25) is 0 Å². The van der Waals surface area contributed by atoms with Crippen molar-refractivity contribution in [3.63, 3.8) is 0 Å². The average molecular weight is 308 g/mol. The number of carbonyl (C=O) groups is 1. The molecule has 5 N–H and O–H groups in total. The second kappa shape index (κ2) is 6.95. The zero-order valence-corrected chi connectivity index (χ0v) is 12.7. The molecule has 0 unspecified atom stereocenters. The zero-order valence-electron chi connectivity index (χ0n) is 12.7. The highest BCUT2D eigenvalue weighted by Crippen LogP contribution is 2.32. The molecular formula is C15H24N4O3+2. The number of rotatable bonds is 5. The minimum absolute atomic E-state index is 0.0809. The largest absolute Gasteiger partial charge is 0.454 e. The molecule has 3 rings (SSSR count). The van der Waals surface area contributed by atoms with E-state index in [4.69, 9.17) is 15.3 Å². The minimum atomic E-state index is -0.0809. The van der Waals surface area contributed by atoms with Gasteiger partial charge in [0.2, 0.25) is 12.7 Å². The van der Waals surface area contributed by atoms with Crippen LogP contribution in [0.5, 0.6) is 11.5 Å². The summed E-state index contributed by atoms with van der Waals surface area (Å²) in [5.41, 5.74) is 3.47. The number of nitrogens with two attached hydrogens (primary N) is 1.